The smallest absolute Gasteiger partial charge is 0.184 e. The van der Waals surface area contributed by atoms with Crippen LogP contribution in [0.1, 0.15) is 0 Å². The molecule has 0 unspecified atom stereocenters. The van der Waals surface area contributed by atoms with Crippen molar-refractivity contribution in [1.82, 2.24) is 0 Å². The molecule has 0 radical (unpaired) electrons. The number of nitrogens with zero attached hydrogens (tertiary/aromatic N) is 2. The van der Waals surface area contributed by atoms with Crippen LogP contribution in [-0.4, -0.2) is 8.07 Å². The summed E-state index contributed by atoms with van der Waals surface area (Å²) in [5.41, 5.74) is 11.7. The molecule has 0 saturated carbocycles. The summed E-state index contributed by atoms with van der Waals surface area (Å²) in [4.78, 5) is 4.91. The van der Waals surface area contributed by atoms with E-state index in [1.54, 1.807) is 0 Å². The van der Waals surface area contributed by atoms with Crippen LogP contribution in [0.2, 0.25) is 0 Å². The Morgan fingerprint density at radius 2 is 0.820 bits per heavy atom. The fourth-order valence-electron chi connectivity index (χ4n) is 9.59. The van der Waals surface area contributed by atoms with E-state index in [2.05, 4.69) is 265 Å². The molecule has 61 heavy (non-hydrogen) atoms. The zero-order valence-electron chi connectivity index (χ0n) is 33.6. The Morgan fingerprint density at radius 1 is 0.328 bits per heavy atom. The first-order chi connectivity index (χ1) is 30.3. The number of fused-ring (bicyclic) bond motifs is 3. The van der Waals surface area contributed by atoms with Gasteiger partial charge in [0.1, 0.15) is 0 Å². The molecule has 10 aromatic carbocycles. The third kappa shape index (κ3) is 6.26. The van der Waals surface area contributed by atoms with Crippen LogP contribution in [0, 0.1) is 0 Å². The van der Waals surface area contributed by atoms with Crippen molar-refractivity contribution in [3.63, 3.8) is 0 Å². The lowest BCUT2D eigenvalue weighted by atomic mass is 9.98. The minimum Gasteiger partial charge on any atom is -0.311 e. The van der Waals surface area contributed by atoms with Crippen LogP contribution in [0.3, 0.4) is 0 Å². The molecule has 0 fully saturated rings. The monoisotopic (exact) mass is 794 g/mol. The highest BCUT2D eigenvalue weighted by atomic mass is 28.3. The van der Waals surface area contributed by atoms with Crippen molar-refractivity contribution in [2.75, 3.05) is 9.80 Å². The molecule has 2 nitrogen and oxygen atoms in total. The largest absolute Gasteiger partial charge is 0.311 e. The van der Waals surface area contributed by atoms with Gasteiger partial charge in [-0.2, -0.15) is 0 Å². The fourth-order valence-corrected chi connectivity index (χ4v) is 14.7. The average Bonchev–Trinajstić information content (AvgIpc) is 3.35. The van der Waals surface area contributed by atoms with Crippen molar-refractivity contribution >= 4 is 73.7 Å². The third-order valence-corrected chi connectivity index (χ3v) is 17.2. The highest BCUT2D eigenvalue weighted by Gasteiger charge is 2.49. The molecule has 11 rings (SSSR count). The summed E-state index contributed by atoms with van der Waals surface area (Å²) in [7, 11) is -2.93. The van der Waals surface area contributed by atoms with Gasteiger partial charge in [0.05, 0.1) is 0 Å². The first-order valence-corrected chi connectivity index (χ1v) is 23.0. The van der Waals surface area contributed by atoms with Crippen LogP contribution < -0.4 is 30.5 Å². The highest BCUT2D eigenvalue weighted by molar-refractivity contribution is 7.21. The van der Waals surface area contributed by atoms with E-state index in [1.165, 1.54) is 65.1 Å². The molecule has 0 saturated heterocycles. The van der Waals surface area contributed by atoms with E-state index in [-0.39, 0.29) is 0 Å². The summed E-state index contributed by atoms with van der Waals surface area (Å²) >= 11 is 0. The van der Waals surface area contributed by atoms with Crippen LogP contribution in [0.4, 0.5) is 34.1 Å². The van der Waals surface area contributed by atoms with Crippen molar-refractivity contribution in [3.8, 4) is 22.3 Å². The van der Waals surface area contributed by atoms with E-state index in [0.29, 0.717) is 0 Å². The van der Waals surface area contributed by atoms with Gasteiger partial charge in [0.25, 0.3) is 0 Å². The molecule has 0 amide bonds. The molecule has 0 atom stereocenters. The van der Waals surface area contributed by atoms with Gasteiger partial charge in [-0.3, -0.25) is 0 Å². The second kappa shape index (κ2) is 15.5. The van der Waals surface area contributed by atoms with Crippen LogP contribution >= 0.6 is 0 Å². The molecule has 1 aliphatic rings. The highest BCUT2D eigenvalue weighted by Crippen LogP contribution is 2.42. The number of para-hydroxylation sites is 2. The zero-order valence-corrected chi connectivity index (χ0v) is 34.6. The number of rotatable bonds is 8. The van der Waals surface area contributed by atoms with Gasteiger partial charge in [0.2, 0.25) is 0 Å². The maximum atomic E-state index is 2.51. The van der Waals surface area contributed by atoms with Gasteiger partial charge in [0.15, 0.2) is 8.07 Å². The standard InChI is InChI=1S/C58H42N2Si/c1-5-18-43(19-6-1)44-32-36-48(37-33-44)59(49-38-34-46(35-39-49)54-29-17-21-45-20-13-14-28-53(45)54)50-40-41-56-58(42-50)61(51-24-9-3-10-25-51,52-26-11-4-12-27-52)57-31-16-15-30-55(57)60(56)47-22-7-2-8-23-47/h1-42H. The number of hydrogen-bond acceptors (Lipinski definition) is 2. The molecule has 0 aromatic heterocycles. The van der Waals surface area contributed by atoms with E-state index in [0.717, 1.165) is 22.7 Å². The second-order valence-electron chi connectivity index (χ2n) is 15.7. The molecule has 1 aliphatic heterocycles. The van der Waals surface area contributed by atoms with Crippen LogP contribution in [0.5, 0.6) is 0 Å². The second-order valence-corrected chi connectivity index (χ2v) is 19.4. The SMILES string of the molecule is c1ccc(-c2ccc(N(c3ccc(-c4cccc5ccccc45)cc3)c3ccc4c(c3)[Si](c3ccccc3)(c3ccccc3)c3ccccc3N4c3ccccc3)cc2)cc1. The Kier molecular flexibility index (Phi) is 9.22. The maximum Gasteiger partial charge on any atom is 0.184 e. The Bertz CT molecular complexity index is 3070. The summed E-state index contributed by atoms with van der Waals surface area (Å²) in [6.45, 7) is 0. The lowest BCUT2D eigenvalue weighted by Crippen LogP contribution is -2.77. The molecule has 0 aliphatic carbocycles. The predicted octanol–water partition coefficient (Wildman–Crippen LogP) is 12.8. The lowest BCUT2D eigenvalue weighted by molar-refractivity contribution is 1.26. The van der Waals surface area contributed by atoms with Crippen LogP contribution in [0.25, 0.3) is 33.0 Å². The average molecular weight is 795 g/mol. The molecule has 1 heterocycles. The molecule has 288 valence electrons. The molecule has 0 bridgehead atoms. The minimum atomic E-state index is -2.93. The van der Waals surface area contributed by atoms with Gasteiger partial charge in [-0.25, -0.2) is 0 Å². The van der Waals surface area contributed by atoms with Gasteiger partial charge >= 0.3 is 0 Å². The van der Waals surface area contributed by atoms with Gasteiger partial charge in [0, 0.05) is 34.1 Å². The van der Waals surface area contributed by atoms with Crippen molar-refractivity contribution in [1.29, 1.82) is 0 Å². The maximum absolute atomic E-state index is 2.93. The van der Waals surface area contributed by atoms with Gasteiger partial charge in [-0.15, -0.1) is 0 Å². The predicted molar refractivity (Wildman–Crippen MR) is 261 cm³/mol. The summed E-state index contributed by atoms with van der Waals surface area (Å²) in [5.74, 6) is 0. The zero-order chi connectivity index (χ0) is 40.6. The molecule has 3 heteroatoms. The van der Waals surface area contributed by atoms with E-state index < -0.39 is 8.07 Å². The summed E-state index contributed by atoms with van der Waals surface area (Å²) in [5, 5.41) is 7.94. The van der Waals surface area contributed by atoms with Crippen LogP contribution in [-0.2, 0) is 0 Å². The Morgan fingerprint density at radius 3 is 1.49 bits per heavy atom. The normalized spacial score (nSPS) is 12.7. The van der Waals surface area contributed by atoms with E-state index in [9.17, 15) is 0 Å². The number of benzene rings is 10. The Hall–Kier alpha value is -7.72. The van der Waals surface area contributed by atoms with E-state index in [1.807, 2.05) is 0 Å². The number of anilines is 6. The third-order valence-electron chi connectivity index (χ3n) is 12.3. The topological polar surface area (TPSA) is 6.48 Å². The lowest BCUT2D eigenvalue weighted by Gasteiger charge is -2.45. The van der Waals surface area contributed by atoms with Gasteiger partial charge < -0.3 is 9.80 Å². The fraction of sp³-hybridized carbons (Fsp3) is 0. The van der Waals surface area contributed by atoms with Crippen LogP contribution in [0.15, 0.2) is 255 Å². The van der Waals surface area contributed by atoms with Crippen molar-refractivity contribution in [3.05, 3.63) is 255 Å². The van der Waals surface area contributed by atoms with Crippen molar-refractivity contribution in [2.24, 2.45) is 0 Å². The molecular weight excluding hydrogens is 753 g/mol. The summed E-state index contributed by atoms with van der Waals surface area (Å²) in [6.07, 6.45) is 0. The number of hydrogen-bond donors (Lipinski definition) is 0. The van der Waals surface area contributed by atoms with Gasteiger partial charge in [-0.1, -0.05) is 194 Å². The molecule has 0 N–H and O–H groups in total. The Balaban J connectivity index is 1.16. The molecule has 10 aromatic rings. The van der Waals surface area contributed by atoms with E-state index in [4.69, 9.17) is 0 Å². The Labute approximate surface area is 358 Å². The van der Waals surface area contributed by atoms with Crippen molar-refractivity contribution < 1.29 is 0 Å². The first kappa shape index (κ1) is 36.4. The van der Waals surface area contributed by atoms with Gasteiger partial charge in [-0.05, 0) is 114 Å². The van der Waals surface area contributed by atoms with E-state index >= 15 is 0 Å². The minimum absolute atomic E-state index is 1.10. The summed E-state index contributed by atoms with van der Waals surface area (Å²) in [6, 6.07) is 93.7. The molecule has 0 spiro atoms. The molecular formula is C58H42N2Si. The summed E-state index contributed by atoms with van der Waals surface area (Å²) < 4.78 is 0. The van der Waals surface area contributed by atoms with Crippen molar-refractivity contribution in [2.45, 2.75) is 0 Å². The quantitative estimate of drug-likeness (QED) is 0.141. The first-order valence-electron chi connectivity index (χ1n) is 21.0.